The lowest BCUT2D eigenvalue weighted by Gasteiger charge is -2.39. The van der Waals surface area contributed by atoms with Gasteiger partial charge in [0, 0.05) is 11.1 Å². The SMILES string of the molecule is CC1=Cc2c(C3CC3)cccc2C1[Si](C)(C)C1C(C)=Cc2c(C3CC3)cccc21. The lowest BCUT2D eigenvalue weighted by atomic mass is 9.99. The molecule has 0 N–H and O–H groups in total. The molecule has 4 aliphatic rings. The van der Waals surface area contributed by atoms with Gasteiger partial charge in [-0.3, -0.25) is 0 Å². The van der Waals surface area contributed by atoms with Crippen molar-refractivity contribution in [3.63, 3.8) is 0 Å². The maximum atomic E-state index is 2.66. The normalized spacial score (nSPS) is 25.5. The Morgan fingerprint density at radius 2 is 1.00 bits per heavy atom. The minimum Gasteiger partial charge on any atom is -0.0679 e. The van der Waals surface area contributed by atoms with Gasteiger partial charge in [0.25, 0.3) is 0 Å². The standard InChI is InChI=1S/C28H32Si/c1-17-15-25-21(19-11-12-19)7-5-9-23(25)27(17)29(3,4)28-18(2)16-26-22(20-13-14-20)8-6-10-24(26)28/h5-10,15-16,19-20,27-28H,11-14H2,1-4H3. The van der Waals surface area contributed by atoms with Gasteiger partial charge < -0.3 is 0 Å². The molecule has 2 fully saturated rings. The third-order valence-electron chi connectivity index (χ3n) is 8.15. The highest BCUT2D eigenvalue weighted by atomic mass is 28.3. The summed E-state index contributed by atoms with van der Waals surface area (Å²) < 4.78 is 0. The summed E-state index contributed by atoms with van der Waals surface area (Å²) in [5.74, 6) is 1.65. The molecule has 2 atom stereocenters. The summed E-state index contributed by atoms with van der Waals surface area (Å²) in [6.45, 7) is 10.1. The third kappa shape index (κ3) is 2.63. The Kier molecular flexibility index (Phi) is 3.76. The Morgan fingerprint density at radius 3 is 1.38 bits per heavy atom. The maximum Gasteiger partial charge on any atom is 0.0722 e. The molecular formula is C28H32Si. The topological polar surface area (TPSA) is 0 Å². The van der Waals surface area contributed by atoms with Crippen LogP contribution < -0.4 is 0 Å². The molecule has 0 saturated heterocycles. The van der Waals surface area contributed by atoms with Crippen LogP contribution in [0.25, 0.3) is 12.2 Å². The van der Waals surface area contributed by atoms with E-state index in [4.69, 9.17) is 0 Å². The Hall–Kier alpha value is -1.86. The highest BCUT2D eigenvalue weighted by molar-refractivity contribution is 6.81. The quantitative estimate of drug-likeness (QED) is 0.460. The first kappa shape index (κ1) is 17.9. The summed E-state index contributed by atoms with van der Waals surface area (Å²) in [4.78, 5) is 0. The molecule has 148 valence electrons. The fourth-order valence-electron chi connectivity index (χ4n) is 6.80. The van der Waals surface area contributed by atoms with Crippen LogP contribution in [0.5, 0.6) is 0 Å². The van der Waals surface area contributed by atoms with Gasteiger partial charge in [0.1, 0.15) is 0 Å². The number of allylic oxidation sites excluding steroid dienone is 2. The Morgan fingerprint density at radius 1 is 0.621 bits per heavy atom. The van der Waals surface area contributed by atoms with Gasteiger partial charge in [-0.1, -0.05) is 72.8 Å². The zero-order valence-electron chi connectivity index (χ0n) is 18.3. The van der Waals surface area contributed by atoms with E-state index in [2.05, 4.69) is 75.5 Å². The molecule has 0 aromatic heterocycles. The van der Waals surface area contributed by atoms with Crippen molar-refractivity contribution in [2.45, 2.75) is 75.5 Å². The predicted molar refractivity (Wildman–Crippen MR) is 127 cm³/mol. The van der Waals surface area contributed by atoms with Gasteiger partial charge in [0.15, 0.2) is 0 Å². The molecule has 0 amide bonds. The molecule has 4 aliphatic carbocycles. The molecule has 2 aromatic carbocycles. The van der Waals surface area contributed by atoms with Gasteiger partial charge in [0.05, 0.1) is 8.07 Å². The number of rotatable bonds is 4. The molecule has 0 aliphatic heterocycles. The van der Waals surface area contributed by atoms with Crippen molar-refractivity contribution in [2.75, 3.05) is 0 Å². The van der Waals surface area contributed by atoms with E-state index in [0.717, 1.165) is 11.8 Å². The third-order valence-corrected chi connectivity index (χ3v) is 12.7. The average molecular weight is 397 g/mol. The lowest BCUT2D eigenvalue weighted by molar-refractivity contribution is 0.961. The lowest BCUT2D eigenvalue weighted by Crippen LogP contribution is -2.42. The monoisotopic (exact) mass is 396 g/mol. The van der Waals surface area contributed by atoms with Crippen LogP contribution in [-0.4, -0.2) is 8.07 Å². The second kappa shape index (κ2) is 6.08. The first-order valence-corrected chi connectivity index (χ1v) is 14.7. The Labute approximate surface area is 176 Å². The van der Waals surface area contributed by atoms with Crippen LogP contribution in [0.4, 0.5) is 0 Å². The molecule has 1 heteroatoms. The van der Waals surface area contributed by atoms with Crippen LogP contribution in [0.15, 0.2) is 47.5 Å². The fraction of sp³-hybridized carbons (Fsp3) is 0.429. The summed E-state index contributed by atoms with van der Waals surface area (Å²) in [5, 5.41) is 0. The molecule has 2 aromatic rings. The minimum absolute atomic E-state index is 0.639. The van der Waals surface area contributed by atoms with Crippen molar-refractivity contribution in [2.24, 2.45) is 0 Å². The fourth-order valence-corrected chi connectivity index (χ4v) is 11.7. The van der Waals surface area contributed by atoms with Gasteiger partial charge in [0.2, 0.25) is 0 Å². The van der Waals surface area contributed by atoms with Crippen LogP contribution in [0.3, 0.4) is 0 Å². The second-order valence-corrected chi connectivity index (χ2v) is 15.5. The van der Waals surface area contributed by atoms with Gasteiger partial charge in [-0.25, -0.2) is 0 Å². The van der Waals surface area contributed by atoms with Gasteiger partial charge in [-0.15, -0.1) is 0 Å². The molecule has 0 radical (unpaired) electrons. The molecule has 0 nitrogen and oxygen atoms in total. The number of fused-ring (bicyclic) bond motifs is 2. The summed E-state index contributed by atoms with van der Waals surface area (Å²) in [5.41, 5.74) is 14.2. The molecule has 29 heavy (non-hydrogen) atoms. The van der Waals surface area contributed by atoms with Crippen molar-refractivity contribution in [3.8, 4) is 0 Å². The van der Waals surface area contributed by atoms with E-state index in [9.17, 15) is 0 Å². The molecule has 2 saturated carbocycles. The van der Waals surface area contributed by atoms with Crippen molar-refractivity contribution >= 4 is 20.2 Å². The highest BCUT2D eigenvalue weighted by Gasteiger charge is 2.47. The molecule has 0 bridgehead atoms. The minimum atomic E-state index is -1.68. The van der Waals surface area contributed by atoms with E-state index in [1.165, 1.54) is 25.7 Å². The van der Waals surface area contributed by atoms with E-state index < -0.39 is 8.07 Å². The molecule has 6 rings (SSSR count). The van der Waals surface area contributed by atoms with Crippen LogP contribution >= 0.6 is 0 Å². The van der Waals surface area contributed by atoms with Crippen molar-refractivity contribution in [1.82, 2.24) is 0 Å². The Bertz CT molecular complexity index is 990. The van der Waals surface area contributed by atoms with Crippen LogP contribution in [0, 0.1) is 0 Å². The van der Waals surface area contributed by atoms with Crippen molar-refractivity contribution < 1.29 is 0 Å². The van der Waals surface area contributed by atoms with Crippen molar-refractivity contribution in [3.05, 3.63) is 80.9 Å². The zero-order valence-corrected chi connectivity index (χ0v) is 19.3. The van der Waals surface area contributed by atoms with Crippen LogP contribution in [-0.2, 0) is 0 Å². The van der Waals surface area contributed by atoms with Gasteiger partial charge in [-0.05, 0) is 84.7 Å². The Balaban J connectivity index is 1.45. The van der Waals surface area contributed by atoms with E-state index in [1.807, 2.05) is 0 Å². The van der Waals surface area contributed by atoms with Crippen LogP contribution in [0.1, 0.15) is 95.8 Å². The smallest absolute Gasteiger partial charge is 0.0679 e. The van der Waals surface area contributed by atoms with E-state index in [-0.39, 0.29) is 0 Å². The van der Waals surface area contributed by atoms with E-state index in [0.29, 0.717) is 11.1 Å². The van der Waals surface area contributed by atoms with Gasteiger partial charge in [-0.2, -0.15) is 0 Å². The summed E-state index contributed by atoms with van der Waals surface area (Å²) >= 11 is 0. The van der Waals surface area contributed by atoms with E-state index in [1.54, 1.807) is 44.5 Å². The first-order valence-electron chi connectivity index (χ1n) is 11.6. The largest absolute Gasteiger partial charge is 0.0722 e. The second-order valence-electron chi connectivity index (χ2n) is 10.7. The predicted octanol–water partition coefficient (Wildman–Crippen LogP) is 7.93. The number of hydrogen-bond acceptors (Lipinski definition) is 0. The maximum absolute atomic E-state index is 2.66. The molecule has 0 heterocycles. The summed E-state index contributed by atoms with van der Waals surface area (Å²) in [7, 11) is -1.68. The van der Waals surface area contributed by atoms with Crippen molar-refractivity contribution in [1.29, 1.82) is 0 Å². The summed E-state index contributed by atoms with van der Waals surface area (Å²) in [6.07, 6.45) is 10.6. The number of hydrogen-bond donors (Lipinski definition) is 0. The molecule has 0 spiro atoms. The van der Waals surface area contributed by atoms with Gasteiger partial charge >= 0.3 is 0 Å². The average Bonchev–Trinajstić information content (AvgIpc) is 3.59. The van der Waals surface area contributed by atoms with E-state index >= 15 is 0 Å². The summed E-state index contributed by atoms with van der Waals surface area (Å²) in [6, 6.07) is 14.4. The molecular weight excluding hydrogens is 364 g/mol. The molecule has 2 unspecified atom stereocenters. The van der Waals surface area contributed by atoms with Crippen LogP contribution in [0.2, 0.25) is 13.1 Å². The first-order chi connectivity index (χ1) is 14.0. The highest BCUT2D eigenvalue weighted by Crippen LogP contribution is 2.55. The zero-order chi connectivity index (χ0) is 19.9. The number of benzene rings is 2.